The fourth-order valence-corrected chi connectivity index (χ4v) is 3.48. The van der Waals surface area contributed by atoms with Crippen molar-refractivity contribution in [2.24, 2.45) is 0 Å². The maximum atomic E-state index is 12.8. The van der Waals surface area contributed by atoms with Crippen molar-refractivity contribution < 1.29 is 9.21 Å². The van der Waals surface area contributed by atoms with E-state index in [4.69, 9.17) is 4.42 Å². The third-order valence-electron chi connectivity index (χ3n) is 4.88. The van der Waals surface area contributed by atoms with Crippen molar-refractivity contribution in [3.05, 3.63) is 24.2 Å². The van der Waals surface area contributed by atoms with Gasteiger partial charge in [-0.15, -0.1) is 0 Å². The smallest absolute Gasteiger partial charge is 0.242 e. The van der Waals surface area contributed by atoms with E-state index in [-0.39, 0.29) is 5.54 Å². The Kier molecular flexibility index (Phi) is 4.31. The molecule has 0 aromatic carbocycles. The highest BCUT2D eigenvalue weighted by Gasteiger charge is 2.42. The minimum atomic E-state index is -0.289. The van der Waals surface area contributed by atoms with Crippen LogP contribution in [0.5, 0.6) is 0 Å². The van der Waals surface area contributed by atoms with Gasteiger partial charge < -0.3 is 14.6 Å². The first-order chi connectivity index (χ1) is 10.2. The molecule has 0 radical (unpaired) electrons. The Morgan fingerprint density at radius 2 is 2.19 bits per heavy atom. The Hall–Kier alpha value is -1.33. The maximum absolute atomic E-state index is 12.8. The fourth-order valence-electron chi connectivity index (χ4n) is 3.48. The lowest BCUT2D eigenvalue weighted by Crippen LogP contribution is -2.58. The Bertz CT molecular complexity index is 458. The average molecular weight is 291 g/mol. The van der Waals surface area contributed by atoms with Gasteiger partial charge in [-0.3, -0.25) is 9.69 Å². The zero-order valence-corrected chi connectivity index (χ0v) is 12.8. The third kappa shape index (κ3) is 2.99. The lowest BCUT2D eigenvalue weighted by molar-refractivity contribution is -0.140. The molecule has 1 unspecified atom stereocenters. The summed E-state index contributed by atoms with van der Waals surface area (Å²) in [5, 5.41) is 3.44. The first-order valence-corrected chi connectivity index (χ1v) is 8.03. The van der Waals surface area contributed by atoms with Crippen molar-refractivity contribution in [2.75, 3.05) is 32.7 Å². The number of nitrogens with one attached hydrogen (secondary N) is 1. The molecule has 116 valence electrons. The molecule has 2 saturated heterocycles. The number of piperazine rings is 1. The Morgan fingerprint density at radius 3 is 2.76 bits per heavy atom. The van der Waals surface area contributed by atoms with E-state index in [0.29, 0.717) is 5.91 Å². The van der Waals surface area contributed by atoms with Crippen LogP contribution in [0.1, 0.15) is 31.9 Å². The number of carbonyl (C=O) groups is 1. The summed E-state index contributed by atoms with van der Waals surface area (Å²) in [7, 11) is 0. The van der Waals surface area contributed by atoms with Crippen molar-refractivity contribution >= 4 is 5.91 Å². The molecule has 3 rings (SSSR count). The van der Waals surface area contributed by atoms with Gasteiger partial charge in [-0.2, -0.15) is 0 Å². The second-order valence-electron chi connectivity index (χ2n) is 6.11. The summed E-state index contributed by atoms with van der Waals surface area (Å²) in [6.45, 7) is 7.41. The van der Waals surface area contributed by atoms with Crippen LogP contribution in [-0.2, 0) is 11.3 Å². The topological polar surface area (TPSA) is 48.7 Å². The molecule has 2 aliphatic heterocycles. The molecule has 1 aromatic rings. The SMILES string of the molecule is CCC1(C(=O)N2CCN(Cc3ccco3)CC2)CCCN1. The predicted molar refractivity (Wildman–Crippen MR) is 80.8 cm³/mol. The van der Waals surface area contributed by atoms with E-state index in [0.717, 1.165) is 64.3 Å². The standard InChI is InChI=1S/C16H25N3O2/c1-2-16(6-4-7-17-16)15(20)19-10-8-18(9-11-19)13-14-5-3-12-21-14/h3,5,12,17H,2,4,6-11,13H2,1H3. The van der Waals surface area contributed by atoms with E-state index in [1.807, 2.05) is 17.0 Å². The number of hydrogen-bond acceptors (Lipinski definition) is 4. The van der Waals surface area contributed by atoms with E-state index < -0.39 is 0 Å². The summed E-state index contributed by atoms with van der Waals surface area (Å²) in [5.74, 6) is 1.30. The van der Waals surface area contributed by atoms with Crippen molar-refractivity contribution in [1.82, 2.24) is 15.1 Å². The molecular weight excluding hydrogens is 266 g/mol. The van der Waals surface area contributed by atoms with Crippen LogP contribution in [-0.4, -0.2) is 54.0 Å². The molecule has 5 nitrogen and oxygen atoms in total. The molecule has 0 spiro atoms. The first-order valence-electron chi connectivity index (χ1n) is 8.03. The highest BCUT2D eigenvalue weighted by molar-refractivity contribution is 5.86. The van der Waals surface area contributed by atoms with Crippen molar-refractivity contribution in [3.63, 3.8) is 0 Å². The Morgan fingerprint density at radius 1 is 1.38 bits per heavy atom. The lowest BCUT2D eigenvalue weighted by atomic mass is 9.92. The van der Waals surface area contributed by atoms with Crippen molar-refractivity contribution in [3.8, 4) is 0 Å². The number of carbonyl (C=O) groups excluding carboxylic acids is 1. The molecule has 1 amide bonds. The highest BCUT2D eigenvalue weighted by atomic mass is 16.3. The quantitative estimate of drug-likeness (QED) is 0.912. The minimum Gasteiger partial charge on any atom is -0.468 e. The van der Waals surface area contributed by atoms with E-state index >= 15 is 0 Å². The summed E-state index contributed by atoms with van der Waals surface area (Å²) in [6, 6.07) is 3.93. The molecule has 5 heteroatoms. The van der Waals surface area contributed by atoms with Gasteiger partial charge in [-0.05, 0) is 37.9 Å². The number of rotatable bonds is 4. The van der Waals surface area contributed by atoms with E-state index in [2.05, 4.69) is 17.1 Å². The van der Waals surface area contributed by atoms with E-state index in [9.17, 15) is 4.79 Å². The van der Waals surface area contributed by atoms with Crippen LogP contribution in [0.25, 0.3) is 0 Å². The van der Waals surface area contributed by atoms with Crippen LogP contribution < -0.4 is 5.32 Å². The summed E-state index contributed by atoms with van der Waals surface area (Å²) in [4.78, 5) is 17.2. The van der Waals surface area contributed by atoms with Crippen LogP contribution >= 0.6 is 0 Å². The summed E-state index contributed by atoms with van der Waals surface area (Å²) < 4.78 is 5.39. The van der Waals surface area contributed by atoms with Crippen molar-refractivity contribution in [1.29, 1.82) is 0 Å². The minimum absolute atomic E-state index is 0.289. The Balaban J connectivity index is 1.54. The normalized spacial score (nSPS) is 27.2. The molecule has 1 N–H and O–H groups in total. The molecule has 0 saturated carbocycles. The predicted octanol–water partition coefficient (Wildman–Crippen LogP) is 1.46. The van der Waals surface area contributed by atoms with Crippen LogP contribution in [0.4, 0.5) is 0 Å². The van der Waals surface area contributed by atoms with Gasteiger partial charge >= 0.3 is 0 Å². The number of furan rings is 1. The van der Waals surface area contributed by atoms with Crippen LogP contribution in [0.3, 0.4) is 0 Å². The maximum Gasteiger partial charge on any atom is 0.242 e. The summed E-state index contributed by atoms with van der Waals surface area (Å²) in [6.07, 6.45) is 4.69. The molecule has 21 heavy (non-hydrogen) atoms. The van der Waals surface area contributed by atoms with Gasteiger partial charge in [0, 0.05) is 26.2 Å². The lowest BCUT2D eigenvalue weighted by Gasteiger charge is -2.39. The zero-order chi connectivity index (χ0) is 14.7. The molecular formula is C16H25N3O2. The molecule has 2 aliphatic rings. The van der Waals surface area contributed by atoms with Gasteiger partial charge in [0.25, 0.3) is 0 Å². The number of nitrogens with zero attached hydrogens (tertiary/aromatic N) is 2. The van der Waals surface area contributed by atoms with Gasteiger partial charge in [0.1, 0.15) is 5.76 Å². The van der Waals surface area contributed by atoms with Gasteiger partial charge in [0.05, 0.1) is 18.3 Å². The molecule has 0 aliphatic carbocycles. The number of amides is 1. The molecule has 0 bridgehead atoms. The molecule has 2 fully saturated rings. The van der Waals surface area contributed by atoms with E-state index in [1.165, 1.54) is 0 Å². The second-order valence-corrected chi connectivity index (χ2v) is 6.11. The molecule has 1 aromatic heterocycles. The number of hydrogen-bond donors (Lipinski definition) is 1. The third-order valence-corrected chi connectivity index (χ3v) is 4.88. The Labute approximate surface area is 126 Å². The molecule has 3 heterocycles. The first kappa shape index (κ1) is 14.6. The zero-order valence-electron chi connectivity index (χ0n) is 12.8. The molecule has 1 atom stereocenters. The van der Waals surface area contributed by atoms with Gasteiger partial charge in [-0.1, -0.05) is 6.92 Å². The largest absolute Gasteiger partial charge is 0.468 e. The van der Waals surface area contributed by atoms with Crippen LogP contribution in [0.15, 0.2) is 22.8 Å². The monoisotopic (exact) mass is 291 g/mol. The van der Waals surface area contributed by atoms with Crippen molar-refractivity contribution in [2.45, 2.75) is 38.3 Å². The summed E-state index contributed by atoms with van der Waals surface area (Å²) in [5.41, 5.74) is -0.289. The van der Waals surface area contributed by atoms with E-state index in [1.54, 1.807) is 6.26 Å². The highest BCUT2D eigenvalue weighted by Crippen LogP contribution is 2.26. The summed E-state index contributed by atoms with van der Waals surface area (Å²) >= 11 is 0. The fraction of sp³-hybridized carbons (Fsp3) is 0.688. The van der Waals surface area contributed by atoms with Crippen LogP contribution in [0.2, 0.25) is 0 Å². The average Bonchev–Trinajstić information content (AvgIpc) is 3.19. The second kappa shape index (κ2) is 6.20. The van der Waals surface area contributed by atoms with Gasteiger partial charge in [0.15, 0.2) is 0 Å². The van der Waals surface area contributed by atoms with Gasteiger partial charge in [-0.25, -0.2) is 0 Å². The van der Waals surface area contributed by atoms with Crippen LogP contribution in [0, 0.1) is 0 Å². The van der Waals surface area contributed by atoms with Gasteiger partial charge in [0.2, 0.25) is 5.91 Å².